The minimum Gasteiger partial charge on any atom is -0.382 e. The molecule has 3 N–H and O–H groups in total. The fourth-order valence-corrected chi connectivity index (χ4v) is 0.629. The van der Waals surface area contributed by atoms with E-state index in [1.54, 1.807) is 0 Å². The Bertz CT molecular complexity index is 277. The molecule has 0 aromatic carbocycles. The lowest BCUT2D eigenvalue weighted by atomic mass is 10.4. The molecule has 5 heteroatoms. The van der Waals surface area contributed by atoms with Gasteiger partial charge >= 0.3 is 0 Å². The quantitative estimate of drug-likeness (QED) is 0.606. The number of rotatable bonds is 2. The second kappa shape index (κ2) is 2.96. The molecular weight excluding hydrogens is 149 g/mol. The van der Waals surface area contributed by atoms with Crippen LogP contribution in [0, 0.1) is 5.82 Å². The molecule has 1 aromatic rings. The number of carbonyl (C=O) groups is 1. The third kappa shape index (κ3) is 1.64. The second-order valence-electron chi connectivity index (χ2n) is 1.85. The van der Waals surface area contributed by atoms with Gasteiger partial charge in [-0.3, -0.25) is 4.79 Å². The molecule has 0 bridgehead atoms. The Morgan fingerprint density at radius 1 is 1.73 bits per heavy atom. The van der Waals surface area contributed by atoms with Crippen LogP contribution in [0.15, 0.2) is 12.3 Å². The molecule has 0 aliphatic carbocycles. The van der Waals surface area contributed by atoms with Crippen molar-refractivity contribution in [3.8, 4) is 0 Å². The van der Waals surface area contributed by atoms with Gasteiger partial charge in [-0.25, -0.2) is 9.37 Å². The maximum absolute atomic E-state index is 12.4. The van der Waals surface area contributed by atoms with Gasteiger partial charge in [0.2, 0.25) is 6.41 Å². The summed E-state index contributed by atoms with van der Waals surface area (Å²) in [5, 5.41) is 2.21. The highest BCUT2D eigenvalue weighted by Gasteiger charge is 1.99. The number of amides is 1. The summed E-state index contributed by atoms with van der Waals surface area (Å²) in [4.78, 5) is 13.4. The predicted molar refractivity (Wildman–Crippen MR) is 38.3 cm³/mol. The van der Waals surface area contributed by atoms with Crippen LogP contribution < -0.4 is 11.1 Å². The number of hydrogen-bond donors (Lipinski definition) is 2. The van der Waals surface area contributed by atoms with Crippen molar-refractivity contribution >= 4 is 17.9 Å². The fraction of sp³-hybridized carbons (Fsp3) is 0. The highest BCUT2D eigenvalue weighted by molar-refractivity contribution is 5.77. The van der Waals surface area contributed by atoms with E-state index in [1.807, 2.05) is 0 Å². The zero-order chi connectivity index (χ0) is 8.27. The molecule has 1 rings (SSSR count). The molecule has 11 heavy (non-hydrogen) atoms. The number of nitrogen functional groups attached to an aromatic ring is 1. The Kier molecular flexibility index (Phi) is 2.00. The van der Waals surface area contributed by atoms with E-state index in [1.165, 1.54) is 0 Å². The summed E-state index contributed by atoms with van der Waals surface area (Å²) in [7, 11) is 0. The smallest absolute Gasteiger partial charge is 0.211 e. The number of pyridine rings is 1. The largest absolute Gasteiger partial charge is 0.382 e. The molecule has 0 spiro atoms. The highest BCUT2D eigenvalue weighted by atomic mass is 19.1. The van der Waals surface area contributed by atoms with Crippen molar-refractivity contribution in [2.24, 2.45) is 0 Å². The molecule has 0 saturated carbocycles. The lowest BCUT2D eigenvalue weighted by molar-refractivity contribution is -0.105. The zero-order valence-electron chi connectivity index (χ0n) is 5.54. The molecule has 0 saturated heterocycles. The Labute approximate surface area is 62.2 Å². The molecule has 58 valence electrons. The van der Waals surface area contributed by atoms with Gasteiger partial charge in [0.15, 0.2) is 0 Å². The number of aromatic nitrogens is 1. The summed E-state index contributed by atoms with van der Waals surface area (Å²) in [6.45, 7) is 0. The van der Waals surface area contributed by atoms with Crippen molar-refractivity contribution in [2.75, 3.05) is 11.1 Å². The van der Waals surface area contributed by atoms with Crippen molar-refractivity contribution in [2.45, 2.75) is 0 Å². The average molecular weight is 155 g/mol. The maximum Gasteiger partial charge on any atom is 0.211 e. The van der Waals surface area contributed by atoms with Crippen molar-refractivity contribution in [3.63, 3.8) is 0 Å². The van der Waals surface area contributed by atoms with E-state index in [0.29, 0.717) is 6.41 Å². The summed E-state index contributed by atoms with van der Waals surface area (Å²) >= 11 is 0. The number of halogens is 1. The molecule has 1 aromatic heterocycles. The molecule has 1 amide bonds. The standard InChI is InChI=1S/C6H6FN3O/c7-4-1-5(10-3-11)6(8)9-2-4/h1-3H,(H2,8,9)(H,10,11). The Morgan fingerprint density at radius 3 is 3.09 bits per heavy atom. The van der Waals surface area contributed by atoms with Gasteiger partial charge in [0.25, 0.3) is 0 Å². The summed E-state index contributed by atoms with van der Waals surface area (Å²) < 4.78 is 12.4. The van der Waals surface area contributed by atoms with Crippen LogP contribution in [0.2, 0.25) is 0 Å². The van der Waals surface area contributed by atoms with E-state index < -0.39 is 5.82 Å². The predicted octanol–water partition coefficient (Wildman–Crippen LogP) is 0.371. The minimum absolute atomic E-state index is 0.0958. The summed E-state index contributed by atoms with van der Waals surface area (Å²) in [6.07, 6.45) is 1.39. The van der Waals surface area contributed by atoms with Gasteiger partial charge < -0.3 is 11.1 Å². The van der Waals surface area contributed by atoms with Crippen LogP contribution in [0.4, 0.5) is 15.9 Å². The van der Waals surface area contributed by atoms with Crippen molar-refractivity contribution in [3.05, 3.63) is 18.1 Å². The Hall–Kier alpha value is -1.65. The summed E-state index contributed by atoms with van der Waals surface area (Å²) in [6, 6.07) is 1.09. The summed E-state index contributed by atoms with van der Waals surface area (Å²) in [5.74, 6) is -0.443. The van der Waals surface area contributed by atoms with E-state index in [0.717, 1.165) is 12.3 Å². The fourth-order valence-electron chi connectivity index (χ4n) is 0.629. The molecule has 1 heterocycles. The summed E-state index contributed by atoms with van der Waals surface area (Å²) in [5.41, 5.74) is 5.46. The lowest BCUT2D eigenvalue weighted by Crippen LogP contribution is -2.01. The zero-order valence-corrected chi connectivity index (χ0v) is 5.54. The van der Waals surface area contributed by atoms with Gasteiger partial charge in [-0.15, -0.1) is 0 Å². The number of nitrogens with two attached hydrogens (primary N) is 1. The average Bonchev–Trinajstić information content (AvgIpc) is 1.98. The van der Waals surface area contributed by atoms with E-state index in [2.05, 4.69) is 10.3 Å². The van der Waals surface area contributed by atoms with Gasteiger partial charge in [0, 0.05) is 6.07 Å². The molecule has 0 atom stereocenters. The van der Waals surface area contributed by atoms with Crippen LogP contribution in [0.3, 0.4) is 0 Å². The normalized spacial score (nSPS) is 9.18. The second-order valence-corrected chi connectivity index (χ2v) is 1.85. The van der Waals surface area contributed by atoms with Crippen LogP contribution in [-0.2, 0) is 4.79 Å². The topological polar surface area (TPSA) is 68.0 Å². The van der Waals surface area contributed by atoms with Gasteiger partial charge in [-0.1, -0.05) is 0 Å². The van der Waals surface area contributed by atoms with Crippen LogP contribution in [-0.4, -0.2) is 11.4 Å². The van der Waals surface area contributed by atoms with Crippen LogP contribution >= 0.6 is 0 Å². The first-order valence-electron chi connectivity index (χ1n) is 2.85. The first kappa shape index (κ1) is 7.46. The SMILES string of the molecule is Nc1ncc(F)cc1NC=O. The molecule has 0 fully saturated rings. The van der Waals surface area contributed by atoms with E-state index >= 15 is 0 Å². The minimum atomic E-state index is -0.538. The van der Waals surface area contributed by atoms with Crippen molar-refractivity contribution in [1.82, 2.24) is 4.98 Å². The molecule has 0 radical (unpaired) electrons. The maximum atomic E-state index is 12.4. The Morgan fingerprint density at radius 2 is 2.45 bits per heavy atom. The molecule has 0 aliphatic rings. The van der Waals surface area contributed by atoms with Gasteiger partial charge in [-0.05, 0) is 0 Å². The van der Waals surface area contributed by atoms with Gasteiger partial charge in [-0.2, -0.15) is 0 Å². The van der Waals surface area contributed by atoms with Gasteiger partial charge in [0.05, 0.1) is 11.9 Å². The highest BCUT2D eigenvalue weighted by Crippen LogP contribution is 2.14. The third-order valence-electron chi connectivity index (χ3n) is 1.10. The van der Waals surface area contributed by atoms with E-state index in [-0.39, 0.29) is 11.5 Å². The number of anilines is 2. The molecule has 4 nitrogen and oxygen atoms in total. The van der Waals surface area contributed by atoms with Crippen LogP contribution in [0.1, 0.15) is 0 Å². The van der Waals surface area contributed by atoms with E-state index in [4.69, 9.17) is 5.73 Å². The first-order valence-corrected chi connectivity index (χ1v) is 2.85. The third-order valence-corrected chi connectivity index (χ3v) is 1.10. The van der Waals surface area contributed by atoms with Crippen LogP contribution in [0.25, 0.3) is 0 Å². The number of hydrogen-bond acceptors (Lipinski definition) is 3. The van der Waals surface area contributed by atoms with Gasteiger partial charge in [0.1, 0.15) is 11.6 Å². The van der Waals surface area contributed by atoms with Crippen molar-refractivity contribution < 1.29 is 9.18 Å². The van der Waals surface area contributed by atoms with Crippen molar-refractivity contribution in [1.29, 1.82) is 0 Å². The molecule has 0 aliphatic heterocycles. The first-order chi connectivity index (χ1) is 5.24. The Balaban J connectivity index is 3.01. The molecular formula is C6H6FN3O. The van der Waals surface area contributed by atoms with E-state index in [9.17, 15) is 9.18 Å². The van der Waals surface area contributed by atoms with Crippen LogP contribution in [0.5, 0.6) is 0 Å². The number of nitrogens with zero attached hydrogens (tertiary/aromatic N) is 1. The number of carbonyl (C=O) groups excluding carboxylic acids is 1. The monoisotopic (exact) mass is 155 g/mol. The molecule has 0 unspecified atom stereocenters. The number of nitrogens with one attached hydrogen (secondary N) is 1. The lowest BCUT2D eigenvalue weighted by Gasteiger charge is -2.00.